The molecule has 0 bridgehead atoms. The monoisotopic (exact) mass is 411 g/mol. The maximum absolute atomic E-state index is 12.6. The van der Waals surface area contributed by atoms with Crippen LogP contribution in [0.5, 0.6) is 0 Å². The Kier molecular flexibility index (Phi) is 5.95. The van der Waals surface area contributed by atoms with Gasteiger partial charge in [0.1, 0.15) is 0 Å². The fourth-order valence-corrected chi connectivity index (χ4v) is 4.14. The number of nitrogens with zero attached hydrogens (tertiary/aromatic N) is 2. The van der Waals surface area contributed by atoms with Gasteiger partial charge in [0.25, 0.3) is 15.7 Å². The van der Waals surface area contributed by atoms with E-state index in [0.29, 0.717) is 18.9 Å². The third kappa shape index (κ3) is 4.95. The Labute approximate surface area is 161 Å². The molecule has 8 nitrogen and oxygen atoms in total. The number of sulfonamides is 1. The van der Waals surface area contributed by atoms with Crippen LogP contribution in [0.4, 0.5) is 11.4 Å². The van der Waals surface area contributed by atoms with Crippen molar-refractivity contribution in [3.63, 3.8) is 0 Å². The first-order chi connectivity index (χ1) is 12.8. The fraction of sp³-hybridized carbons (Fsp3) is 0.294. The molecule has 1 aliphatic heterocycles. The van der Waals surface area contributed by atoms with E-state index in [1.807, 2.05) is 12.1 Å². The highest BCUT2D eigenvalue weighted by molar-refractivity contribution is 7.92. The van der Waals surface area contributed by atoms with Crippen molar-refractivity contribution in [3.05, 3.63) is 63.2 Å². The second-order valence-corrected chi connectivity index (χ2v) is 8.15. The van der Waals surface area contributed by atoms with Crippen molar-refractivity contribution in [2.24, 2.45) is 0 Å². The predicted octanol–water partition coefficient (Wildman–Crippen LogP) is 2.88. The molecule has 10 heteroatoms. The first-order valence-corrected chi connectivity index (χ1v) is 10.1. The second kappa shape index (κ2) is 8.22. The molecule has 0 atom stereocenters. The molecule has 3 rings (SSSR count). The number of rotatable bonds is 6. The topological polar surface area (TPSA) is 102 Å². The van der Waals surface area contributed by atoms with Crippen LogP contribution >= 0.6 is 11.6 Å². The van der Waals surface area contributed by atoms with Crippen LogP contribution in [0.2, 0.25) is 5.02 Å². The zero-order valence-corrected chi connectivity index (χ0v) is 15.9. The van der Waals surface area contributed by atoms with Gasteiger partial charge in [0.15, 0.2) is 4.90 Å². The summed E-state index contributed by atoms with van der Waals surface area (Å²) >= 11 is 5.74. The highest BCUT2D eigenvalue weighted by Gasteiger charge is 2.26. The Morgan fingerprint density at radius 1 is 1.15 bits per heavy atom. The molecule has 1 fully saturated rings. The van der Waals surface area contributed by atoms with E-state index in [1.165, 1.54) is 6.07 Å². The van der Waals surface area contributed by atoms with Crippen molar-refractivity contribution in [2.45, 2.75) is 11.4 Å². The molecule has 2 aromatic carbocycles. The number of halogens is 1. The van der Waals surface area contributed by atoms with Crippen LogP contribution in [0.3, 0.4) is 0 Å². The summed E-state index contributed by atoms with van der Waals surface area (Å²) in [7, 11) is -4.12. The fourth-order valence-electron chi connectivity index (χ4n) is 2.77. The number of hydrogen-bond acceptors (Lipinski definition) is 6. The van der Waals surface area contributed by atoms with Gasteiger partial charge in [0.2, 0.25) is 0 Å². The molecule has 1 N–H and O–H groups in total. The molecule has 1 heterocycles. The molecule has 144 valence electrons. The van der Waals surface area contributed by atoms with Crippen LogP contribution in [-0.4, -0.2) is 44.5 Å². The zero-order valence-electron chi connectivity index (χ0n) is 14.3. The number of nitrogens with one attached hydrogen (secondary N) is 1. The van der Waals surface area contributed by atoms with Gasteiger partial charge in [-0.1, -0.05) is 23.7 Å². The molecule has 1 saturated heterocycles. The molecular formula is C17H18ClN3O5S. The smallest absolute Gasteiger partial charge is 0.291 e. The van der Waals surface area contributed by atoms with Gasteiger partial charge in [-0.05, 0) is 29.8 Å². The first-order valence-electron chi connectivity index (χ1n) is 8.21. The molecule has 0 radical (unpaired) electrons. The minimum Gasteiger partial charge on any atom is -0.379 e. The van der Waals surface area contributed by atoms with Gasteiger partial charge in [0.05, 0.1) is 18.1 Å². The Balaban J connectivity index is 1.75. The molecule has 2 aromatic rings. The summed E-state index contributed by atoms with van der Waals surface area (Å²) in [5.41, 5.74) is 0.793. The van der Waals surface area contributed by atoms with Gasteiger partial charge in [-0.3, -0.25) is 19.7 Å². The van der Waals surface area contributed by atoms with Crippen molar-refractivity contribution in [1.29, 1.82) is 0 Å². The van der Waals surface area contributed by atoms with Crippen LogP contribution in [0.25, 0.3) is 0 Å². The van der Waals surface area contributed by atoms with Crippen molar-refractivity contribution in [1.82, 2.24) is 4.90 Å². The maximum Gasteiger partial charge on any atom is 0.291 e. The highest BCUT2D eigenvalue weighted by Crippen LogP contribution is 2.28. The Morgan fingerprint density at radius 3 is 2.44 bits per heavy atom. The summed E-state index contributed by atoms with van der Waals surface area (Å²) in [5.74, 6) is 0. The van der Waals surface area contributed by atoms with E-state index in [9.17, 15) is 18.5 Å². The van der Waals surface area contributed by atoms with Crippen molar-refractivity contribution >= 4 is 33.0 Å². The average molecular weight is 412 g/mol. The average Bonchev–Trinajstić information content (AvgIpc) is 2.63. The summed E-state index contributed by atoms with van der Waals surface area (Å²) in [4.78, 5) is 12.2. The second-order valence-electron chi connectivity index (χ2n) is 6.06. The Morgan fingerprint density at radius 2 is 1.81 bits per heavy atom. The van der Waals surface area contributed by atoms with E-state index in [2.05, 4.69) is 9.62 Å². The lowest BCUT2D eigenvalue weighted by molar-refractivity contribution is -0.387. The molecule has 0 saturated carbocycles. The predicted molar refractivity (Wildman–Crippen MR) is 101 cm³/mol. The van der Waals surface area contributed by atoms with Gasteiger partial charge in [-0.2, -0.15) is 0 Å². The van der Waals surface area contributed by atoms with Crippen molar-refractivity contribution < 1.29 is 18.1 Å². The number of benzene rings is 2. The van der Waals surface area contributed by atoms with Gasteiger partial charge in [0, 0.05) is 36.4 Å². The number of nitro groups is 1. The van der Waals surface area contributed by atoms with Crippen LogP contribution < -0.4 is 4.72 Å². The molecule has 0 spiro atoms. The summed E-state index contributed by atoms with van der Waals surface area (Å²) in [6.07, 6.45) is 0. The first kappa shape index (κ1) is 19.6. The molecule has 27 heavy (non-hydrogen) atoms. The highest BCUT2D eigenvalue weighted by atomic mass is 35.5. The lowest BCUT2D eigenvalue weighted by atomic mass is 10.2. The quantitative estimate of drug-likeness (QED) is 0.579. The number of morpholine rings is 1. The van der Waals surface area contributed by atoms with Crippen molar-refractivity contribution in [2.75, 3.05) is 31.0 Å². The van der Waals surface area contributed by atoms with E-state index < -0.39 is 25.5 Å². The molecule has 0 aliphatic carbocycles. The van der Waals surface area contributed by atoms with Crippen LogP contribution in [0.15, 0.2) is 47.4 Å². The van der Waals surface area contributed by atoms with E-state index in [0.717, 1.165) is 37.3 Å². The standard InChI is InChI=1S/C17H18ClN3O5S/c18-14-3-6-17(16(11-14)21(22)23)27(24,25)19-15-4-1-13(2-5-15)12-20-7-9-26-10-8-20/h1-6,11,19H,7-10,12H2. The van der Waals surface area contributed by atoms with E-state index >= 15 is 0 Å². The minimum absolute atomic E-state index is 0.0908. The van der Waals surface area contributed by atoms with Gasteiger partial charge >= 0.3 is 0 Å². The summed E-state index contributed by atoms with van der Waals surface area (Å²) in [5, 5.41) is 11.2. The molecule has 1 aliphatic rings. The van der Waals surface area contributed by atoms with Crippen LogP contribution in [-0.2, 0) is 21.3 Å². The Hall–Kier alpha value is -2.20. The number of ether oxygens (including phenoxy) is 1. The third-order valence-corrected chi connectivity index (χ3v) is 5.79. The molecule has 0 amide bonds. The molecule has 0 unspecified atom stereocenters. The van der Waals surface area contributed by atoms with Crippen LogP contribution in [0, 0.1) is 10.1 Å². The molecular weight excluding hydrogens is 394 g/mol. The Bertz CT molecular complexity index is 928. The normalized spacial score (nSPS) is 15.4. The lowest BCUT2D eigenvalue weighted by Gasteiger charge is -2.26. The van der Waals surface area contributed by atoms with E-state index in [-0.39, 0.29) is 5.02 Å². The summed E-state index contributed by atoms with van der Waals surface area (Å²) in [6, 6.07) is 10.4. The number of anilines is 1. The maximum atomic E-state index is 12.6. The summed E-state index contributed by atoms with van der Waals surface area (Å²) in [6.45, 7) is 3.87. The minimum atomic E-state index is -4.12. The van der Waals surface area contributed by atoms with Crippen molar-refractivity contribution in [3.8, 4) is 0 Å². The van der Waals surface area contributed by atoms with Gasteiger partial charge < -0.3 is 4.74 Å². The van der Waals surface area contributed by atoms with E-state index in [1.54, 1.807) is 12.1 Å². The SMILES string of the molecule is O=[N+]([O-])c1cc(Cl)ccc1S(=O)(=O)Nc1ccc(CN2CCOCC2)cc1. The lowest BCUT2D eigenvalue weighted by Crippen LogP contribution is -2.35. The largest absolute Gasteiger partial charge is 0.379 e. The van der Waals surface area contributed by atoms with Gasteiger partial charge in [-0.25, -0.2) is 8.42 Å². The number of nitro benzene ring substituents is 1. The van der Waals surface area contributed by atoms with E-state index in [4.69, 9.17) is 16.3 Å². The van der Waals surface area contributed by atoms with Gasteiger partial charge in [-0.15, -0.1) is 0 Å². The third-order valence-electron chi connectivity index (χ3n) is 4.12. The zero-order chi connectivity index (χ0) is 19.4. The van der Waals surface area contributed by atoms with Crippen LogP contribution in [0.1, 0.15) is 5.56 Å². The summed E-state index contributed by atoms with van der Waals surface area (Å²) < 4.78 is 32.8. The number of hydrogen-bond donors (Lipinski definition) is 1. The molecule has 0 aromatic heterocycles.